The summed E-state index contributed by atoms with van der Waals surface area (Å²) < 4.78 is 4.74. The lowest BCUT2D eigenvalue weighted by molar-refractivity contribution is -0.119. The van der Waals surface area contributed by atoms with Gasteiger partial charge < -0.3 is 15.0 Å². The minimum absolute atomic E-state index is 0.0362. The minimum Gasteiger partial charge on any atom is -0.465 e. The van der Waals surface area contributed by atoms with Gasteiger partial charge in [-0.1, -0.05) is 31.7 Å². The zero-order chi connectivity index (χ0) is 19.3. The molecule has 0 saturated carbocycles. The van der Waals surface area contributed by atoms with Crippen LogP contribution in [0.2, 0.25) is 0 Å². The van der Waals surface area contributed by atoms with Crippen molar-refractivity contribution in [2.75, 3.05) is 12.9 Å². The first-order valence-electron chi connectivity index (χ1n) is 7.98. The largest absolute Gasteiger partial charge is 0.465 e. The number of nitrogens with zero attached hydrogens (tertiary/aromatic N) is 1. The predicted molar refractivity (Wildman–Crippen MR) is 102 cm³/mol. The number of nitrogens with one attached hydrogen (secondary N) is 2. The molecular weight excluding hydrogens is 374 g/mol. The Bertz CT molecular complexity index is 831. The van der Waals surface area contributed by atoms with Crippen molar-refractivity contribution in [2.24, 2.45) is 5.92 Å². The third kappa shape index (κ3) is 4.95. The quantitative estimate of drug-likeness (QED) is 0.424. The van der Waals surface area contributed by atoms with Crippen molar-refractivity contribution in [2.45, 2.75) is 31.8 Å². The molecule has 0 aliphatic heterocycles. The van der Waals surface area contributed by atoms with Crippen molar-refractivity contribution in [3.05, 3.63) is 44.1 Å². The second-order valence-electron chi connectivity index (χ2n) is 5.93. The zero-order valence-corrected chi connectivity index (χ0v) is 16.6. The molecule has 2 heterocycles. The monoisotopic (exact) mass is 395 g/mol. The molecule has 2 aromatic rings. The van der Waals surface area contributed by atoms with Gasteiger partial charge in [-0.25, -0.2) is 9.59 Å². The van der Waals surface area contributed by atoms with E-state index < -0.39 is 11.7 Å². The van der Waals surface area contributed by atoms with Gasteiger partial charge in [0.1, 0.15) is 10.6 Å². The fourth-order valence-corrected chi connectivity index (χ4v) is 4.22. The molecular formula is C17H21N3O4S2. The first-order valence-corrected chi connectivity index (χ1v) is 9.84. The van der Waals surface area contributed by atoms with Crippen molar-refractivity contribution >= 4 is 35.0 Å². The van der Waals surface area contributed by atoms with Gasteiger partial charge in [0.2, 0.25) is 5.91 Å². The Labute approximate surface area is 159 Å². The normalized spacial score (nSPS) is 12.0. The van der Waals surface area contributed by atoms with Gasteiger partial charge in [0, 0.05) is 10.6 Å². The summed E-state index contributed by atoms with van der Waals surface area (Å²) in [6.07, 6.45) is 0. The number of rotatable bonds is 7. The van der Waals surface area contributed by atoms with E-state index in [0.717, 1.165) is 16.6 Å². The molecule has 0 radical (unpaired) electrons. The summed E-state index contributed by atoms with van der Waals surface area (Å²) in [6, 6.07) is 3.85. The fourth-order valence-electron chi connectivity index (χ4n) is 2.39. The first-order chi connectivity index (χ1) is 12.3. The molecule has 0 bridgehead atoms. The van der Waals surface area contributed by atoms with E-state index in [1.54, 1.807) is 18.3 Å². The SMILES string of the molecule is COC(=O)c1c(SCC(=O)N[C@@H](c2cccs2)C(C)C)nc(=O)[nH]c1C. The maximum atomic E-state index is 12.4. The van der Waals surface area contributed by atoms with Crippen molar-refractivity contribution in [1.29, 1.82) is 0 Å². The average Bonchev–Trinajstić information content (AvgIpc) is 3.10. The summed E-state index contributed by atoms with van der Waals surface area (Å²) in [5.41, 5.74) is -0.0429. The summed E-state index contributed by atoms with van der Waals surface area (Å²) in [6.45, 7) is 5.66. The molecule has 0 aliphatic carbocycles. The molecule has 1 atom stereocenters. The van der Waals surface area contributed by atoms with E-state index in [1.807, 2.05) is 31.4 Å². The van der Waals surface area contributed by atoms with E-state index in [4.69, 9.17) is 4.74 Å². The van der Waals surface area contributed by atoms with Gasteiger partial charge in [-0.2, -0.15) is 4.98 Å². The molecule has 2 aromatic heterocycles. The lowest BCUT2D eigenvalue weighted by atomic mass is 10.0. The summed E-state index contributed by atoms with van der Waals surface area (Å²) in [7, 11) is 1.25. The van der Waals surface area contributed by atoms with E-state index in [2.05, 4.69) is 15.3 Å². The number of carbonyl (C=O) groups is 2. The molecule has 0 saturated heterocycles. The van der Waals surface area contributed by atoms with Crippen LogP contribution in [0.3, 0.4) is 0 Å². The van der Waals surface area contributed by atoms with Crippen LogP contribution < -0.4 is 11.0 Å². The highest BCUT2D eigenvalue weighted by Gasteiger charge is 2.22. The third-order valence-electron chi connectivity index (χ3n) is 3.65. The highest BCUT2D eigenvalue weighted by atomic mass is 32.2. The average molecular weight is 396 g/mol. The number of H-pyrrole nitrogens is 1. The summed E-state index contributed by atoms with van der Waals surface area (Å²) in [5, 5.41) is 5.16. The number of aromatic nitrogens is 2. The van der Waals surface area contributed by atoms with Crippen LogP contribution in [0.4, 0.5) is 0 Å². The van der Waals surface area contributed by atoms with Crippen LogP contribution in [-0.4, -0.2) is 34.7 Å². The second kappa shape index (κ2) is 9.00. The van der Waals surface area contributed by atoms with Crippen molar-refractivity contribution in [1.82, 2.24) is 15.3 Å². The van der Waals surface area contributed by atoms with Gasteiger partial charge in [-0.05, 0) is 24.3 Å². The second-order valence-corrected chi connectivity index (χ2v) is 7.88. The molecule has 7 nitrogen and oxygen atoms in total. The van der Waals surface area contributed by atoms with Crippen LogP contribution in [0.1, 0.15) is 40.8 Å². The fraction of sp³-hybridized carbons (Fsp3) is 0.412. The van der Waals surface area contributed by atoms with Crippen LogP contribution in [0.25, 0.3) is 0 Å². The molecule has 26 heavy (non-hydrogen) atoms. The van der Waals surface area contributed by atoms with E-state index >= 15 is 0 Å². The number of aromatic amines is 1. The lowest BCUT2D eigenvalue weighted by Gasteiger charge is -2.21. The number of esters is 1. The number of carbonyl (C=O) groups excluding carboxylic acids is 2. The summed E-state index contributed by atoms with van der Waals surface area (Å²) in [5.74, 6) is -0.535. The Kier molecular flexibility index (Phi) is 6.98. The molecule has 0 fully saturated rings. The van der Waals surface area contributed by atoms with Crippen molar-refractivity contribution in [3.63, 3.8) is 0 Å². The number of ether oxygens (including phenoxy) is 1. The zero-order valence-electron chi connectivity index (χ0n) is 15.0. The molecule has 1 amide bonds. The standard InChI is InChI=1S/C17H21N3O4S2/c1-9(2)14(11-6-5-7-25-11)19-12(21)8-26-15-13(16(22)24-4)10(3)18-17(23)20-15/h5-7,9,14H,8H2,1-4H3,(H,19,21)(H,18,20,23)/t14-/m1/s1. The molecule has 0 unspecified atom stereocenters. The highest BCUT2D eigenvalue weighted by Crippen LogP contribution is 2.26. The lowest BCUT2D eigenvalue weighted by Crippen LogP contribution is -2.32. The topological polar surface area (TPSA) is 101 Å². The van der Waals surface area contributed by atoms with Crippen LogP contribution in [0, 0.1) is 12.8 Å². The molecule has 9 heteroatoms. The summed E-state index contributed by atoms with van der Waals surface area (Å²) >= 11 is 2.63. The number of hydrogen-bond acceptors (Lipinski definition) is 7. The van der Waals surface area contributed by atoms with Crippen molar-refractivity contribution in [3.8, 4) is 0 Å². The van der Waals surface area contributed by atoms with Gasteiger partial charge in [0.15, 0.2) is 0 Å². The Morgan fingerprint density at radius 1 is 1.42 bits per heavy atom. The van der Waals surface area contributed by atoms with Crippen LogP contribution in [0.5, 0.6) is 0 Å². The number of hydrogen-bond donors (Lipinski definition) is 2. The number of aryl methyl sites for hydroxylation is 1. The number of thioether (sulfide) groups is 1. The maximum Gasteiger partial charge on any atom is 0.346 e. The Morgan fingerprint density at radius 3 is 2.73 bits per heavy atom. The van der Waals surface area contributed by atoms with Gasteiger partial charge in [0.05, 0.1) is 18.9 Å². The van der Waals surface area contributed by atoms with Gasteiger partial charge >= 0.3 is 11.7 Å². The molecule has 140 valence electrons. The van der Waals surface area contributed by atoms with Gasteiger partial charge in [0.25, 0.3) is 0 Å². The minimum atomic E-state index is -0.604. The van der Waals surface area contributed by atoms with Gasteiger partial charge in [-0.3, -0.25) is 4.79 Å². The van der Waals surface area contributed by atoms with Crippen LogP contribution in [0.15, 0.2) is 27.3 Å². The maximum absolute atomic E-state index is 12.4. The molecule has 2 N–H and O–H groups in total. The smallest absolute Gasteiger partial charge is 0.346 e. The predicted octanol–water partition coefficient (Wildman–Crippen LogP) is 2.53. The number of methoxy groups -OCH3 is 1. The number of amides is 1. The molecule has 0 aromatic carbocycles. The van der Waals surface area contributed by atoms with Gasteiger partial charge in [-0.15, -0.1) is 11.3 Å². The Balaban J connectivity index is 2.12. The van der Waals surface area contributed by atoms with E-state index in [-0.39, 0.29) is 34.2 Å². The van der Waals surface area contributed by atoms with E-state index in [1.165, 1.54) is 7.11 Å². The highest BCUT2D eigenvalue weighted by molar-refractivity contribution is 8.00. The summed E-state index contributed by atoms with van der Waals surface area (Å²) in [4.78, 5) is 43.3. The van der Waals surface area contributed by atoms with E-state index in [0.29, 0.717) is 5.69 Å². The molecule has 0 aliphatic rings. The Hall–Kier alpha value is -2.13. The van der Waals surface area contributed by atoms with Crippen molar-refractivity contribution < 1.29 is 14.3 Å². The van der Waals surface area contributed by atoms with Crippen LogP contribution >= 0.6 is 23.1 Å². The number of thiophene rings is 1. The Morgan fingerprint density at radius 2 is 2.15 bits per heavy atom. The third-order valence-corrected chi connectivity index (χ3v) is 5.58. The first kappa shape index (κ1) is 20.2. The van der Waals surface area contributed by atoms with E-state index in [9.17, 15) is 14.4 Å². The van der Waals surface area contributed by atoms with Crippen LogP contribution in [-0.2, 0) is 9.53 Å². The molecule has 2 rings (SSSR count). The molecule has 0 spiro atoms.